The van der Waals surface area contributed by atoms with Crippen LogP contribution in [-0.2, 0) is 4.74 Å². The molecule has 0 aliphatic carbocycles. The van der Waals surface area contributed by atoms with E-state index in [0.717, 1.165) is 11.3 Å². The lowest BCUT2D eigenvalue weighted by Gasteiger charge is -2.04. The number of rotatable bonds is 3. The highest BCUT2D eigenvalue weighted by atomic mass is 79.9. The van der Waals surface area contributed by atoms with E-state index in [-0.39, 0.29) is 15.7 Å². The molecule has 0 radical (unpaired) electrons. The summed E-state index contributed by atoms with van der Waals surface area (Å²) in [4.78, 5) is 15.5. The van der Waals surface area contributed by atoms with Crippen LogP contribution in [0.15, 0.2) is 22.7 Å². The molecule has 0 bridgehead atoms. The van der Waals surface area contributed by atoms with E-state index in [1.165, 1.54) is 13.2 Å². The molecule has 0 aliphatic heterocycles. The van der Waals surface area contributed by atoms with Crippen molar-refractivity contribution < 1.29 is 13.9 Å². The van der Waals surface area contributed by atoms with Crippen LogP contribution in [0.4, 0.5) is 15.2 Å². The molecular formula is C11H7BrClFN2O2S. The number of nitrogens with one attached hydrogen (secondary N) is 1. The Balaban J connectivity index is 2.29. The maximum atomic E-state index is 13.6. The lowest BCUT2D eigenvalue weighted by Crippen LogP contribution is -1.98. The van der Waals surface area contributed by atoms with Gasteiger partial charge in [-0.1, -0.05) is 38.9 Å². The molecule has 0 saturated carbocycles. The van der Waals surface area contributed by atoms with Gasteiger partial charge in [0.15, 0.2) is 15.2 Å². The van der Waals surface area contributed by atoms with Gasteiger partial charge in [0.1, 0.15) is 5.82 Å². The number of benzene rings is 1. The van der Waals surface area contributed by atoms with Crippen LogP contribution in [0.25, 0.3) is 0 Å². The summed E-state index contributed by atoms with van der Waals surface area (Å²) in [6.45, 7) is 0. The van der Waals surface area contributed by atoms with Crippen molar-refractivity contribution in [3.05, 3.63) is 38.5 Å². The van der Waals surface area contributed by atoms with Crippen LogP contribution < -0.4 is 5.32 Å². The lowest BCUT2D eigenvalue weighted by atomic mass is 10.3. The summed E-state index contributed by atoms with van der Waals surface area (Å²) in [5.74, 6) is -1.01. The van der Waals surface area contributed by atoms with Gasteiger partial charge in [0, 0.05) is 4.47 Å². The number of aromatic nitrogens is 1. The third-order valence-electron chi connectivity index (χ3n) is 2.13. The number of anilines is 2. The zero-order valence-corrected chi connectivity index (χ0v) is 12.7. The Morgan fingerprint density at radius 3 is 3.00 bits per heavy atom. The number of nitrogens with zero attached hydrogens (tertiary/aromatic N) is 1. The second kappa shape index (κ2) is 5.85. The smallest absolute Gasteiger partial charge is 0.351 e. The van der Waals surface area contributed by atoms with E-state index < -0.39 is 11.8 Å². The third kappa shape index (κ3) is 3.23. The van der Waals surface area contributed by atoms with Crippen LogP contribution in [0.5, 0.6) is 0 Å². The number of carbonyl (C=O) groups excluding carboxylic acids is 1. The van der Waals surface area contributed by atoms with Gasteiger partial charge in [-0.25, -0.2) is 14.2 Å². The fraction of sp³-hybridized carbons (Fsp3) is 0.0909. The molecule has 0 aliphatic rings. The quantitative estimate of drug-likeness (QED) is 0.827. The van der Waals surface area contributed by atoms with E-state index >= 15 is 0 Å². The first-order valence-corrected chi connectivity index (χ1v) is 6.96. The fourth-order valence-corrected chi connectivity index (χ4v) is 2.76. The molecule has 1 aromatic carbocycles. The standard InChI is InChI=1S/C11H7BrClFN2O2S/c1-18-10(17)8-9(13)16-11(19-8)15-7-4-5(12)2-3-6(7)14/h2-4H,1H3,(H,15,16). The molecule has 1 heterocycles. The van der Waals surface area contributed by atoms with Gasteiger partial charge in [0.2, 0.25) is 0 Å². The minimum atomic E-state index is -0.578. The number of halogens is 3. The van der Waals surface area contributed by atoms with Crippen LogP contribution in [0, 0.1) is 5.82 Å². The largest absolute Gasteiger partial charge is 0.465 e. The van der Waals surface area contributed by atoms with Crippen molar-refractivity contribution in [1.82, 2.24) is 4.98 Å². The molecule has 0 saturated heterocycles. The predicted octanol–water partition coefficient (Wildman–Crippen LogP) is 4.23. The van der Waals surface area contributed by atoms with Crippen LogP contribution in [-0.4, -0.2) is 18.1 Å². The number of hydrogen-bond acceptors (Lipinski definition) is 5. The number of ether oxygens (including phenoxy) is 1. The Bertz CT molecular complexity index is 635. The molecule has 8 heteroatoms. The summed E-state index contributed by atoms with van der Waals surface area (Å²) in [6, 6.07) is 4.44. The van der Waals surface area contributed by atoms with Gasteiger partial charge in [-0.05, 0) is 18.2 Å². The number of hydrogen-bond donors (Lipinski definition) is 1. The first-order valence-electron chi connectivity index (χ1n) is 4.98. The molecule has 19 heavy (non-hydrogen) atoms. The van der Waals surface area contributed by atoms with Crippen molar-refractivity contribution >= 4 is 55.7 Å². The van der Waals surface area contributed by atoms with Gasteiger partial charge < -0.3 is 10.1 Å². The molecule has 1 N–H and O–H groups in total. The van der Waals surface area contributed by atoms with Gasteiger partial charge in [-0.2, -0.15) is 0 Å². The number of carbonyl (C=O) groups is 1. The van der Waals surface area contributed by atoms with Crippen molar-refractivity contribution in [1.29, 1.82) is 0 Å². The molecule has 0 amide bonds. The zero-order chi connectivity index (χ0) is 14.0. The molecule has 100 valence electrons. The Hall–Kier alpha value is -1.18. The van der Waals surface area contributed by atoms with Crippen molar-refractivity contribution in [3.63, 3.8) is 0 Å². The maximum absolute atomic E-state index is 13.6. The highest BCUT2D eigenvalue weighted by molar-refractivity contribution is 9.10. The van der Waals surface area contributed by atoms with E-state index in [1.807, 2.05) is 0 Å². The normalized spacial score (nSPS) is 10.3. The first kappa shape index (κ1) is 14.2. The molecule has 0 atom stereocenters. The van der Waals surface area contributed by atoms with E-state index in [0.29, 0.717) is 9.60 Å². The lowest BCUT2D eigenvalue weighted by molar-refractivity contribution is 0.0606. The van der Waals surface area contributed by atoms with Crippen LogP contribution in [0.1, 0.15) is 9.67 Å². The number of methoxy groups -OCH3 is 1. The summed E-state index contributed by atoms with van der Waals surface area (Å²) in [7, 11) is 1.25. The molecule has 0 unspecified atom stereocenters. The van der Waals surface area contributed by atoms with E-state index in [2.05, 4.69) is 31.0 Å². The summed E-state index contributed by atoms with van der Waals surface area (Å²) >= 11 is 10.0. The van der Waals surface area contributed by atoms with Gasteiger partial charge in [0.25, 0.3) is 0 Å². The maximum Gasteiger partial charge on any atom is 0.351 e. The number of thiazole rings is 1. The minimum absolute atomic E-state index is 0.0229. The molecular weight excluding hydrogens is 359 g/mol. The van der Waals surface area contributed by atoms with E-state index in [4.69, 9.17) is 11.6 Å². The van der Waals surface area contributed by atoms with Gasteiger partial charge in [-0.3, -0.25) is 0 Å². The van der Waals surface area contributed by atoms with E-state index in [1.54, 1.807) is 12.1 Å². The molecule has 2 rings (SSSR count). The highest BCUT2D eigenvalue weighted by Crippen LogP contribution is 2.31. The summed E-state index contributed by atoms with van der Waals surface area (Å²) in [5, 5.41) is 3.09. The van der Waals surface area contributed by atoms with Gasteiger partial charge in [-0.15, -0.1) is 0 Å². The van der Waals surface area contributed by atoms with Crippen molar-refractivity contribution in [2.24, 2.45) is 0 Å². The topological polar surface area (TPSA) is 51.2 Å². The summed E-state index contributed by atoms with van der Waals surface area (Å²) in [6.07, 6.45) is 0. The molecule has 1 aromatic heterocycles. The predicted molar refractivity (Wildman–Crippen MR) is 75.8 cm³/mol. The van der Waals surface area contributed by atoms with Crippen molar-refractivity contribution in [2.45, 2.75) is 0 Å². The SMILES string of the molecule is COC(=O)c1sc(Nc2cc(Br)ccc2F)nc1Cl. The summed E-state index contributed by atoms with van der Waals surface area (Å²) < 4.78 is 18.8. The van der Waals surface area contributed by atoms with Crippen LogP contribution in [0.3, 0.4) is 0 Å². The molecule has 0 spiro atoms. The first-order chi connectivity index (χ1) is 9.01. The van der Waals surface area contributed by atoms with Gasteiger partial charge >= 0.3 is 5.97 Å². The molecule has 4 nitrogen and oxygen atoms in total. The average Bonchev–Trinajstić information content (AvgIpc) is 2.74. The third-order valence-corrected chi connectivity index (χ3v) is 3.96. The van der Waals surface area contributed by atoms with Crippen LogP contribution in [0.2, 0.25) is 5.15 Å². The Kier molecular flexibility index (Phi) is 4.38. The average molecular weight is 366 g/mol. The second-order valence-electron chi connectivity index (χ2n) is 3.38. The number of esters is 1. The summed E-state index contributed by atoms with van der Waals surface area (Å²) in [5.41, 5.74) is 0.233. The Labute approximate surface area is 125 Å². The second-order valence-corrected chi connectivity index (χ2v) is 5.65. The van der Waals surface area contributed by atoms with Crippen molar-refractivity contribution in [3.8, 4) is 0 Å². The molecule has 0 fully saturated rings. The van der Waals surface area contributed by atoms with E-state index in [9.17, 15) is 9.18 Å². The minimum Gasteiger partial charge on any atom is -0.465 e. The van der Waals surface area contributed by atoms with Crippen molar-refractivity contribution in [2.75, 3.05) is 12.4 Å². The van der Waals surface area contributed by atoms with Crippen LogP contribution >= 0.6 is 38.9 Å². The zero-order valence-electron chi connectivity index (χ0n) is 9.54. The highest BCUT2D eigenvalue weighted by Gasteiger charge is 2.18. The van der Waals surface area contributed by atoms with Gasteiger partial charge in [0.05, 0.1) is 12.8 Å². The fourth-order valence-electron chi connectivity index (χ4n) is 1.28. The Morgan fingerprint density at radius 1 is 1.58 bits per heavy atom. The Morgan fingerprint density at radius 2 is 2.32 bits per heavy atom. The monoisotopic (exact) mass is 364 g/mol. The molecule has 2 aromatic rings.